The second-order valence-corrected chi connectivity index (χ2v) is 4.89. The third-order valence-electron chi connectivity index (χ3n) is 3.61. The topological polar surface area (TPSA) is 108 Å². The van der Waals surface area contributed by atoms with Crippen LogP contribution in [-0.2, 0) is 0 Å². The van der Waals surface area contributed by atoms with Gasteiger partial charge in [-0.3, -0.25) is 4.79 Å². The van der Waals surface area contributed by atoms with Crippen molar-refractivity contribution in [3.63, 3.8) is 0 Å². The summed E-state index contributed by atoms with van der Waals surface area (Å²) >= 11 is 0. The number of carbonyl (C=O) groups is 1. The van der Waals surface area contributed by atoms with Crippen LogP contribution in [0.15, 0.2) is 23.4 Å². The van der Waals surface area contributed by atoms with Crippen molar-refractivity contribution >= 4 is 11.7 Å². The molecular weight excluding hydrogens is 265 g/mol. The average Bonchev–Trinajstić information content (AvgIpc) is 2.87. The highest BCUT2D eigenvalue weighted by Crippen LogP contribution is 2.30. The Kier molecular flexibility index (Phi) is 3.78. The minimum Gasteiger partial charge on any atom is -0.508 e. The Morgan fingerprint density at radius 2 is 2.05 bits per heavy atom. The molecule has 0 atom stereocenters. The number of benzene rings is 1. The van der Waals surface area contributed by atoms with Crippen LogP contribution < -0.4 is 11.1 Å². The van der Waals surface area contributed by atoms with Crippen LogP contribution in [0.5, 0.6) is 5.75 Å². The quantitative estimate of drug-likeness (QED) is 0.290. The van der Waals surface area contributed by atoms with Crippen molar-refractivity contribution in [2.24, 2.45) is 10.9 Å². The fourth-order valence-electron chi connectivity index (χ4n) is 2.49. The van der Waals surface area contributed by atoms with Gasteiger partial charge in [0.25, 0.3) is 5.91 Å². The van der Waals surface area contributed by atoms with E-state index in [1.165, 1.54) is 12.1 Å². The van der Waals surface area contributed by atoms with Crippen molar-refractivity contribution in [1.29, 1.82) is 0 Å². The van der Waals surface area contributed by atoms with Crippen molar-refractivity contribution in [2.75, 3.05) is 0 Å². The van der Waals surface area contributed by atoms with Gasteiger partial charge in [0.1, 0.15) is 17.1 Å². The number of aromatic hydroxyl groups is 1. The largest absolute Gasteiger partial charge is 0.508 e. The molecule has 6 nitrogen and oxygen atoms in total. The van der Waals surface area contributed by atoms with E-state index >= 15 is 0 Å². The molecule has 1 aromatic rings. The summed E-state index contributed by atoms with van der Waals surface area (Å²) < 4.78 is 13.7. The Labute approximate surface area is 115 Å². The maximum absolute atomic E-state index is 13.7. The predicted octanol–water partition coefficient (Wildman–Crippen LogP) is 1.32. The van der Waals surface area contributed by atoms with E-state index in [-0.39, 0.29) is 17.1 Å². The van der Waals surface area contributed by atoms with Gasteiger partial charge in [-0.1, -0.05) is 18.0 Å². The van der Waals surface area contributed by atoms with Crippen molar-refractivity contribution in [1.82, 2.24) is 5.32 Å². The summed E-state index contributed by atoms with van der Waals surface area (Å²) in [5.74, 6) is -1.82. The fourth-order valence-corrected chi connectivity index (χ4v) is 2.49. The first kappa shape index (κ1) is 14.1. The molecule has 0 saturated heterocycles. The Bertz CT molecular complexity index is 554. The van der Waals surface area contributed by atoms with Gasteiger partial charge in [0.05, 0.1) is 5.56 Å². The van der Waals surface area contributed by atoms with Crippen LogP contribution in [0, 0.1) is 5.82 Å². The van der Waals surface area contributed by atoms with Gasteiger partial charge in [0, 0.05) is 6.07 Å². The zero-order valence-corrected chi connectivity index (χ0v) is 10.8. The van der Waals surface area contributed by atoms with Gasteiger partial charge in [0.15, 0.2) is 5.84 Å². The SMILES string of the molecule is N/C(=N/O)C1(NC(=O)c2ccc(O)cc2F)CCCC1. The molecular formula is C13H16FN3O3. The van der Waals surface area contributed by atoms with Crippen LogP contribution in [0.3, 0.4) is 0 Å². The lowest BCUT2D eigenvalue weighted by atomic mass is 9.95. The normalized spacial score (nSPS) is 17.9. The molecule has 1 amide bonds. The Morgan fingerprint density at radius 1 is 1.40 bits per heavy atom. The number of halogens is 1. The van der Waals surface area contributed by atoms with Crippen molar-refractivity contribution < 1.29 is 19.5 Å². The maximum atomic E-state index is 13.7. The van der Waals surface area contributed by atoms with Gasteiger partial charge in [0.2, 0.25) is 0 Å². The number of amidine groups is 1. The molecule has 1 aromatic carbocycles. The van der Waals surface area contributed by atoms with Crippen LogP contribution >= 0.6 is 0 Å². The molecule has 20 heavy (non-hydrogen) atoms. The molecule has 108 valence electrons. The van der Waals surface area contributed by atoms with E-state index in [0.717, 1.165) is 18.9 Å². The molecule has 7 heteroatoms. The van der Waals surface area contributed by atoms with Crippen molar-refractivity contribution in [3.05, 3.63) is 29.6 Å². The van der Waals surface area contributed by atoms with Gasteiger partial charge in [-0.2, -0.15) is 0 Å². The lowest BCUT2D eigenvalue weighted by Gasteiger charge is -2.28. The molecule has 0 bridgehead atoms. The highest BCUT2D eigenvalue weighted by molar-refractivity contribution is 6.00. The molecule has 2 rings (SSSR count). The van der Waals surface area contributed by atoms with E-state index in [2.05, 4.69) is 10.5 Å². The molecule has 0 spiro atoms. The standard InChI is InChI=1S/C13H16FN3O3/c14-10-7-8(18)3-4-9(10)11(19)16-13(12(15)17-20)5-1-2-6-13/h3-4,7,18,20H,1-2,5-6H2,(H2,15,17)(H,16,19). The highest BCUT2D eigenvalue weighted by atomic mass is 19.1. The van der Waals surface area contributed by atoms with Crippen molar-refractivity contribution in [2.45, 2.75) is 31.2 Å². The number of hydrogen-bond acceptors (Lipinski definition) is 4. The maximum Gasteiger partial charge on any atom is 0.255 e. The van der Waals surface area contributed by atoms with Gasteiger partial charge in [-0.25, -0.2) is 4.39 Å². The number of nitrogens with two attached hydrogens (primary N) is 1. The third-order valence-corrected chi connectivity index (χ3v) is 3.61. The van der Waals surface area contributed by atoms with E-state index in [0.29, 0.717) is 12.8 Å². The van der Waals surface area contributed by atoms with Crippen LogP contribution in [0.2, 0.25) is 0 Å². The first-order chi connectivity index (χ1) is 9.48. The Morgan fingerprint density at radius 3 is 2.60 bits per heavy atom. The first-order valence-corrected chi connectivity index (χ1v) is 6.27. The highest BCUT2D eigenvalue weighted by Gasteiger charge is 2.40. The van der Waals surface area contributed by atoms with Gasteiger partial charge >= 0.3 is 0 Å². The lowest BCUT2D eigenvalue weighted by molar-refractivity contribution is 0.0918. The monoisotopic (exact) mass is 281 g/mol. The summed E-state index contributed by atoms with van der Waals surface area (Å²) in [5.41, 5.74) is 4.52. The predicted molar refractivity (Wildman–Crippen MR) is 70.1 cm³/mol. The molecule has 1 saturated carbocycles. The average molecular weight is 281 g/mol. The van der Waals surface area contributed by atoms with E-state index in [4.69, 9.17) is 16.0 Å². The number of rotatable bonds is 3. The molecule has 0 aromatic heterocycles. The molecule has 1 aliphatic rings. The Balaban J connectivity index is 2.25. The minimum absolute atomic E-state index is 0.0810. The number of oxime groups is 1. The number of nitrogens with zero attached hydrogens (tertiary/aromatic N) is 1. The summed E-state index contributed by atoms with van der Waals surface area (Å²) in [5, 5.41) is 23.6. The van der Waals surface area contributed by atoms with Gasteiger partial charge in [-0.05, 0) is 25.0 Å². The molecule has 0 heterocycles. The number of amides is 1. The van der Waals surface area contributed by atoms with E-state index in [1.54, 1.807) is 0 Å². The summed E-state index contributed by atoms with van der Waals surface area (Å²) in [6.45, 7) is 0. The molecule has 1 fully saturated rings. The molecule has 0 aliphatic heterocycles. The summed E-state index contributed by atoms with van der Waals surface area (Å²) in [6.07, 6.45) is 2.73. The number of phenolic OH excluding ortho intramolecular Hbond substituents is 1. The Hall–Kier alpha value is -2.31. The van der Waals surface area contributed by atoms with E-state index in [1.807, 2.05) is 0 Å². The lowest BCUT2D eigenvalue weighted by Crippen LogP contribution is -2.55. The second kappa shape index (κ2) is 5.36. The van der Waals surface area contributed by atoms with Crippen molar-refractivity contribution in [3.8, 4) is 5.75 Å². The summed E-state index contributed by atoms with van der Waals surface area (Å²) in [6, 6.07) is 3.28. The van der Waals surface area contributed by atoms with Crippen LogP contribution in [-0.4, -0.2) is 27.6 Å². The third kappa shape index (κ3) is 2.52. The second-order valence-electron chi connectivity index (χ2n) is 4.89. The minimum atomic E-state index is -0.934. The number of phenols is 1. The van der Waals surface area contributed by atoms with Crippen LogP contribution in [0.4, 0.5) is 4.39 Å². The van der Waals surface area contributed by atoms with E-state index in [9.17, 15) is 9.18 Å². The fraction of sp³-hybridized carbons (Fsp3) is 0.385. The molecule has 5 N–H and O–H groups in total. The van der Waals surface area contributed by atoms with E-state index < -0.39 is 17.3 Å². The molecule has 1 aliphatic carbocycles. The molecule has 0 unspecified atom stereocenters. The molecule has 0 radical (unpaired) electrons. The number of carbonyl (C=O) groups excluding carboxylic acids is 1. The van der Waals surface area contributed by atoms with Crippen LogP contribution in [0.25, 0.3) is 0 Å². The smallest absolute Gasteiger partial charge is 0.255 e. The van der Waals surface area contributed by atoms with Gasteiger partial charge < -0.3 is 21.4 Å². The summed E-state index contributed by atoms with van der Waals surface area (Å²) in [4.78, 5) is 12.1. The number of hydrogen-bond donors (Lipinski definition) is 4. The zero-order valence-electron chi connectivity index (χ0n) is 10.8. The zero-order chi connectivity index (χ0) is 14.8. The van der Waals surface area contributed by atoms with Crippen LogP contribution in [0.1, 0.15) is 36.0 Å². The number of nitrogens with one attached hydrogen (secondary N) is 1. The summed E-state index contributed by atoms with van der Waals surface area (Å²) in [7, 11) is 0. The first-order valence-electron chi connectivity index (χ1n) is 6.27. The van der Waals surface area contributed by atoms with Gasteiger partial charge in [-0.15, -0.1) is 0 Å².